The molecule has 9 heteroatoms. The van der Waals surface area contributed by atoms with Crippen LogP contribution in [-0.4, -0.2) is 49.1 Å². The summed E-state index contributed by atoms with van der Waals surface area (Å²) in [6.07, 6.45) is 0. The molecular formula is C20H18ClFN4O2S. The molecule has 1 aliphatic heterocycles. The molecule has 0 atom stereocenters. The predicted octanol–water partition coefficient (Wildman–Crippen LogP) is 3.45. The van der Waals surface area contributed by atoms with E-state index in [4.69, 9.17) is 11.6 Å². The lowest BCUT2D eigenvalue weighted by atomic mass is 10.1. The third-order valence-electron chi connectivity index (χ3n) is 4.81. The van der Waals surface area contributed by atoms with E-state index in [0.29, 0.717) is 42.7 Å². The molecule has 2 heterocycles. The van der Waals surface area contributed by atoms with Crippen molar-refractivity contribution >= 4 is 27.4 Å². The van der Waals surface area contributed by atoms with Crippen molar-refractivity contribution in [2.24, 2.45) is 0 Å². The van der Waals surface area contributed by atoms with Gasteiger partial charge in [0.25, 0.3) is 0 Å². The lowest BCUT2D eigenvalue weighted by Crippen LogP contribution is -2.49. The van der Waals surface area contributed by atoms with Crippen LogP contribution in [0.4, 0.5) is 10.2 Å². The highest BCUT2D eigenvalue weighted by Crippen LogP contribution is 2.26. The zero-order chi connectivity index (χ0) is 20.4. The lowest BCUT2D eigenvalue weighted by molar-refractivity contribution is 0.383. The minimum absolute atomic E-state index is 0.0937. The van der Waals surface area contributed by atoms with Crippen LogP contribution in [0, 0.1) is 5.82 Å². The van der Waals surface area contributed by atoms with Crippen molar-refractivity contribution in [3.05, 3.63) is 71.5 Å². The number of hydrogen-bond donors (Lipinski definition) is 0. The number of anilines is 1. The van der Waals surface area contributed by atoms with Gasteiger partial charge in [0, 0.05) is 31.7 Å². The second kappa shape index (κ2) is 8.06. The Hall–Kier alpha value is -2.55. The first-order valence-corrected chi connectivity index (χ1v) is 10.9. The lowest BCUT2D eigenvalue weighted by Gasteiger charge is -2.34. The molecule has 150 valence electrons. The molecule has 0 spiro atoms. The molecule has 0 unspecified atom stereocenters. The average Bonchev–Trinajstić information content (AvgIpc) is 2.75. The van der Waals surface area contributed by atoms with E-state index >= 15 is 0 Å². The minimum Gasteiger partial charge on any atom is -0.352 e. The quantitative estimate of drug-likeness (QED) is 0.631. The van der Waals surface area contributed by atoms with E-state index in [1.807, 2.05) is 35.2 Å². The molecule has 2 aromatic carbocycles. The van der Waals surface area contributed by atoms with Crippen LogP contribution in [0.2, 0.25) is 5.02 Å². The molecule has 0 aliphatic carbocycles. The number of rotatable bonds is 4. The summed E-state index contributed by atoms with van der Waals surface area (Å²) in [5.74, 6) is 0.215. The first-order valence-electron chi connectivity index (χ1n) is 9.04. The fourth-order valence-corrected chi connectivity index (χ4v) is 4.87. The van der Waals surface area contributed by atoms with Crippen LogP contribution in [0.1, 0.15) is 0 Å². The fraction of sp³-hybridized carbons (Fsp3) is 0.200. The summed E-state index contributed by atoms with van der Waals surface area (Å²) in [4.78, 5) is 2.08. The topological polar surface area (TPSA) is 66.4 Å². The first-order chi connectivity index (χ1) is 13.9. The molecule has 3 aromatic rings. The Kier molecular flexibility index (Phi) is 5.49. The second-order valence-corrected chi connectivity index (χ2v) is 8.95. The van der Waals surface area contributed by atoms with Gasteiger partial charge in [-0.25, -0.2) is 12.8 Å². The number of sulfonamides is 1. The molecular weight excluding hydrogens is 415 g/mol. The summed E-state index contributed by atoms with van der Waals surface area (Å²) in [6, 6.07) is 16.0. The van der Waals surface area contributed by atoms with Gasteiger partial charge in [-0.2, -0.15) is 4.31 Å². The van der Waals surface area contributed by atoms with Gasteiger partial charge < -0.3 is 4.90 Å². The van der Waals surface area contributed by atoms with Crippen LogP contribution < -0.4 is 4.90 Å². The van der Waals surface area contributed by atoms with Crippen LogP contribution in [0.15, 0.2) is 65.6 Å². The summed E-state index contributed by atoms with van der Waals surface area (Å²) >= 11 is 6.20. The van der Waals surface area contributed by atoms with Crippen LogP contribution in [0.3, 0.4) is 0 Å². The Balaban J connectivity index is 1.44. The van der Waals surface area contributed by atoms with Gasteiger partial charge in [-0.05, 0) is 42.5 Å². The van der Waals surface area contributed by atoms with Crippen molar-refractivity contribution in [2.75, 3.05) is 31.1 Å². The smallest absolute Gasteiger partial charge is 0.243 e. The third-order valence-corrected chi connectivity index (χ3v) is 7.06. The van der Waals surface area contributed by atoms with Gasteiger partial charge in [0.2, 0.25) is 10.0 Å². The van der Waals surface area contributed by atoms with Crippen molar-refractivity contribution in [1.29, 1.82) is 0 Å². The second-order valence-electron chi connectivity index (χ2n) is 6.60. The van der Waals surface area contributed by atoms with Crippen LogP contribution in [0.5, 0.6) is 0 Å². The van der Waals surface area contributed by atoms with Gasteiger partial charge in [0.1, 0.15) is 5.82 Å². The van der Waals surface area contributed by atoms with E-state index in [-0.39, 0.29) is 4.90 Å². The highest BCUT2D eigenvalue weighted by atomic mass is 35.5. The Morgan fingerprint density at radius 1 is 0.862 bits per heavy atom. The van der Waals surface area contributed by atoms with E-state index in [1.165, 1.54) is 16.4 Å². The summed E-state index contributed by atoms with van der Waals surface area (Å²) < 4.78 is 39.9. The molecule has 0 bridgehead atoms. The summed E-state index contributed by atoms with van der Waals surface area (Å²) in [5.41, 5.74) is 1.49. The van der Waals surface area contributed by atoms with Crippen LogP contribution in [-0.2, 0) is 10.0 Å². The molecule has 1 aliphatic rings. The Labute approximate surface area is 173 Å². The fourth-order valence-electron chi connectivity index (χ4n) is 3.22. The maximum atomic E-state index is 13.1. The summed E-state index contributed by atoms with van der Waals surface area (Å²) in [7, 11) is -3.64. The number of piperazine rings is 1. The third kappa shape index (κ3) is 4.10. The van der Waals surface area contributed by atoms with Crippen molar-refractivity contribution in [3.8, 4) is 11.3 Å². The van der Waals surface area contributed by atoms with Crippen LogP contribution in [0.25, 0.3) is 11.3 Å². The normalized spacial score (nSPS) is 15.4. The molecule has 1 aromatic heterocycles. The molecule has 29 heavy (non-hydrogen) atoms. The Bertz CT molecular complexity index is 1100. The minimum atomic E-state index is -3.64. The van der Waals surface area contributed by atoms with E-state index < -0.39 is 15.8 Å². The van der Waals surface area contributed by atoms with Gasteiger partial charge in [-0.15, -0.1) is 10.2 Å². The van der Waals surface area contributed by atoms with Crippen molar-refractivity contribution in [2.45, 2.75) is 4.90 Å². The van der Waals surface area contributed by atoms with Gasteiger partial charge in [-0.3, -0.25) is 0 Å². The van der Waals surface area contributed by atoms with Gasteiger partial charge in [-0.1, -0.05) is 29.8 Å². The van der Waals surface area contributed by atoms with E-state index in [1.54, 1.807) is 6.07 Å². The largest absolute Gasteiger partial charge is 0.352 e. The van der Waals surface area contributed by atoms with Gasteiger partial charge >= 0.3 is 0 Å². The first kappa shape index (κ1) is 19.8. The number of aromatic nitrogens is 2. The maximum Gasteiger partial charge on any atom is 0.243 e. The number of halogens is 2. The Morgan fingerprint density at radius 3 is 2.17 bits per heavy atom. The molecule has 0 saturated carbocycles. The molecule has 0 radical (unpaired) electrons. The number of hydrogen-bond acceptors (Lipinski definition) is 5. The van der Waals surface area contributed by atoms with Crippen molar-refractivity contribution in [1.82, 2.24) is 14.5 Å². The van der Waals surface area contributed by atoms with E-state index in [0.717, 1.165) is 17.7 Å². The molecule has 1 fully saturated rings. The summed E-state index contributed by atoms with van der Waals surface area (Å²) in [6.45, 7) is 1.60. The van der Waals surface area contributed by atoms with E-state index in [2.05, 4.69) is 10.2 Å². The molecule has 0 N–H and O–H groups in total. The molecule has 0 amide bonds. The molecule has 4 rings (SSSR count). The molecule has 6 nitrogen and oxygen atoms in total. The predicted molar refractivity (Wildman–Crippen MR) is 110 cm³/mol. The van der Waals surface area contributed by atoms with E-state index in [9.17, 15) is 12.8 Å². The zero-order valence-corrected chi connectivity index (χ0v) is 16.9. The van der Waals surface area contributed by atoms with Crippen molar-refractivity contribution < 1.29 is 12.8 Å². The van der Waals surface area contributed by atoms with Gasteiger partial charge in [0.15, 0.2) is 5.82 Å². The Morgan fingerprint density at radius 2 is 1.55 bits per heavy atom. The van der Waals surface area contributed by atoms with Gasteiger partial charge in [0.05, 0.1) is 15.6 Å². The highest BCUT2D eigenvalue weighted by molar-refractivity contribution is 7.89. The van der Waals surface area contributed by atoms with Crippen LogP contribution >= 0.6 is 11.6 Å². The standard InChI is InChI=1S/C20H18ClFN4O2S/c21-18-4-2-1-3-17(18)19-9-10-20(24-23-19)25-11-13-26(14-12-25)29(27,28)16-7-5-15(22)6-8-16/h1-10H,11-14H2. The number of nitrogens with zero attached hydrogens (tertiary/aromatic N) is 4. The molecule has 1 saturated heterocycles. The SMILES string of the molecule is O=S(=O)(c1ccc(F)cc1)N1CCN(c2ccc(-c3ccccc3Cl)nn2)CC1. The van der Waals surface area contributed by atoms with Crippen molar-refractivity contribution in [3.63, 3.8) is 0 Å². The monoisotopic (exact) mass is 432 g/mol. The highest BCUT2D eigenvalue weighted by Gasteiger charge is 2.29. The number of benzene rings is 2. The maximum absolute atomic E-state index is 13.1. The zero-order valence-electron chi connectivity index (χ0n) is 15.4. The average molecular weight is 433 g/mol. The summed E-state index contributed by atoms with van der Waals surface area (Å²) in [5, 5.41) is 9.15.